The van der Waals surface area contributed by atoms with Gasteiger partial charge in [-0.2, -0.15) is 10.7 Å². The first-order valence-electron chi connectivity index (χ1n) is 23.6. The molecule has 0 radical (unpaired) electrons. The summed E-state index contributed by atoms with van der Waals surface area (Å²) < 4.78 is 10.3. The predicted octanol–water partition coefficient (Wildman–Crippen LogP) is 16.9. The van der Waals surface area contributed by atoms with Crippen molar-refractivity contribution in [2.24, 2.45) is 0 Å². The zero-order valence-corrected chi connectivity index (χ0v) is 42.1. The second kappa shape index (κ2) is 16.6. The zero-order chi connectivity index (χ0) is 45.7. The molecule has 1 unspecified atom stereocenters. The summed E-state index contributed by atoms with van der Waals surface area (Å²) in [6.07, 6.45) is 1.92. The third-order valence-corrected chi connectivity index (χ3v) is 14.0. The van der Waals surface area contributed by atoms with Crippen LogP contribution in [0.3, 0.4) is 0 Å². The summed E-state index contributed by atoms with van der Waals surface area (Å²) in [5, 5.41) is 2.25. The van der Waals surface area contributed by atoms with Gasteiger partial charge in [0, 0.05) is 68.5 Å². The first-order valence-corrected chi connectivity index (χ1v) is 23.6. The van der Waals surface area contributed by atoms with Crippen molar-refractivity contribution in [1.29, 1.82) is 0 Å². The minimum Gasteiger partial charge on any atom is -0.509 e. The second-order valence-corrected chi connectivity index (χ2v) is 20.2. The molecule has 2 atom stereocenters. The van der Waals surface area contributed by atoms with Crippen molar-refractivity contribution in [3.05, 3.63) is 199 Å². The summed E-state index contributed by atoms with van der Waals surface area (Å²) >= 11 is 0. The fraction of sp³-hybridized carbons (Fsp3) is 0.213. The number of rotatable bonds is 10. The Labute approximate surface area is 410 Å². The van der Waals surface area contributed by atoms with Crippen molar-refractivity contribution in [2.45, 2.75) is 85.5 Å². The second-order valence-electron chi connectivity index (χ2n) is 20.2. The van der Waals surface area contributed by atoms with Gasteiger partial charge in [0.15, 0.2) is 12.4 Å². The van der Waals surface area contributed by atoms with Crippen molar-refractivity contribution >= 4 is 44.6 Å². The molecule has 1 saturated heterocycles. The Bertz CT molecular complexity index is 3350. The van der Waals surface area contributed by atoms with Gasteiger partial charge < -0.3 is 9.30 Å². The molecule has 2 aromatic heterocycles. The van der Waals surface area contributed by atoms with E-state index >= 15 is 0 Å². The normalized spacial score (nSPS) is 17.4. The standard InChI is InChI=1S/C61H57N4O.Pt/c1-39(2)49-20-10-11-21-52(49)43-33-46(36-48(34-43)66-47-28-29-54-53-22-12-13-25-55(53)63(56(54)37-47)59-35-44(30-31-62-59)61(7,8)9)65-38-64(65,57-26-14-15-27-58(57)65)45-19-16-18-42(32-45)60-50(40(3)4)23-17-24-51(60)41(5)6;/h10-35,38-41H,1-9H3;/q-1;/t64-,65?;/m0./s1. The van der Waals surface area contributed by atoms with Crippen molar-refractivity contribution in [3.63, 3.8) is 0 Å². The third-order valence-electron chi connectivity index (χ3n) is 14.0. The van der Waals surface area contributed by atoms with Gasteiger partial charge >= 0.3 is 0 Å². The summed E-state index contributed by atoms with van der Waals surface area (Å²) in [5.41, 5.74) is 16.9. The van der Waals surface area contributed by atoms with Crippen LogP contribution in [0.25, 0.3) is 49.9 Å². The maximum Gasteiger partial charge on any atom is 0.225 e. The van der Waals surface area contributed by atoms with Gasteiger partial charge in [-0.15, -0.1) is 29.1 Å². The first kappa shape index (κ1) is 44.7. The number of benzene rings is 7. The molecule has 0 amide bonds. The van der Waals surface area contributed by atoms with E-state index < -0.39 is 0 Å². The van der Waals surface area contributed by atoms with E-state index in [1.807, 2.05) is 12.3 Å². The molecule has 6 heteroatoms. The number of para-hydroxylation sites is 3. The van der Waals surface area contributed by atoms with Gasteiger partial charge in [0.25, 0.3) is 0 Å². The van der Waals surface area contributed by atoms with E-state index in [9.17, 15) is 0 Å². The van der Waals surface area contributed by atoms with Crippen LogP contribution in [0, 0.1) is 18.8 Å². The maximum atomic E-state index is 7.04. The van der Waals surface area contributed by atoms with Gasteiger partial charge in [0.1, 0.15) is 5.82 Å². The van der Waals surface area contributed by atoms with E-state index in [-0.39, 0.29) is 26.5 Å². The van der Waals surface area contributed by atoms with Crippen LogP contribution < -0.4 is 13.9 Å². The Hall–Kier alpha value is -6.10. The van der Waals surface area contributed by atoms with Crippen LogP contribution in [-0.4, -0.2) is 9.55 Å². The van der Waals surface area contributed by atoms with Crippen molar-refractivity contribution in [2.75, 3.05) is 0 Å². The quantitative estimate of drug-likeness (QED) is 0.0775. The Morgan fingerprint density at radius 3 is 1.97 bits per heavy atom. The maximum absolute atomic E-state index is 7.04. The third kappa shape index (κ3) is 7.04. The zero-order valence-electron chi connectivity index (χ0n) is 39.8. The molecule has 2 aliphatic heterocycles. The van der Waals surface area contributed by atoms with Gasteiger partial charge in [0.05, 0.1) is 5.69 Å². The number of pyridine rings is 1. The summed E-state index contributed by atoms with van der Waals surface area (Å²) in [6, 6.07) is 62.9. The summed E-state index contributed by atoms with van der Waals surface area (Å²) in [7, 11) is 0. The topological polar surface area (TPSA) is 27.1 Å². The fourth-order valence-electron chi connectivity index (χ4n) is 10.7. The smallest absolute Gasteiger partial charge is 0.225 e. The molecule has 0 saturated carbocycles. The number of fused-ring (bicyclic) bond motifs is 7. The van der Waals surface area contributed by atoms with Crippen LogP contribution in [0.2, 0.25) is 0 Å². The summed E-state index contributed by atoms with van der Waals surface area (Å²) in [5.74, 6) is 3.23. The van der Waals surface area contributed by atoms with E-state index in [0.717, 1.165) is 38.9 Å². The number of aromatic nitrogens is 2. The van der Waals surface area contributed by atoms with Gasteiger partial charge in [-0.05, 0) is 85.7 Å². The number of nitrogens with zero attached hydrogens (tertiary/aromatic N) is 4. The van der Waals surface area contributed by atoms with Crippen LogP contribution in [0.1, 0.15) is 102 Å². The molecule has 1 fully saturated rings. The number of quaternary nitrogens is 2. The largest absolute Gasteiger partial charge is 0.509 e. The Morgan fingerprint density at radius 2 is 1.24 bits per heavy atom. The summed E-state index contributed by atoms with van der Waals surface area (Å²) in [6.45, 7) is 22.9. The molecule has 0 aliphatic carbocycles. The number of ether oxygens (including phenoxy) is 1. The molecule has 0 bridgehead atoms. The minimum absolute atomic E-state index is 0. The average Bonchev–Trinajstić information content (AvgIpc) is 3.81. The molecule has 7 aromatic carbocycles. The van der Waals surface area contributed by atoms with Gasteiger partial charge in [-0.3, -0.25) is 0 Å². The monoisotopic (exact) mass is 1060 g/mol. The predicted molar refractivity (Wildman–Crippen MR) is 275 cm³/mol. The van der Waals surface area contributed by atoms with Crippen LogP contribution in [0.4, 0.5) is 22.7 Å². The van der Waals surface area contributed by atoms with Crippen LogP contribution in [0.15, 0.2) is 158 Å². The Balaban J connectivity index is 0.00000525. The Kier molecular flexibility index (Phi) is 11.1. The molecular weight excluding hydrogens is 1000 g/mol. The molecule has 4 heterocycles. The SMILES string of the molecule is CC(C)c1ccccc1-c1cc(Oc2[c-]c3c(cc2)c2ccccc2n3-c2cc(C(C)(C)C)ccn2)[c-]c([N+]23[CH-][N@+]2(c2cccc(-c4c(C(C)C)cccc4C(C)C)c2)c2ccccc23)c1.[Pt]. The molecule has 11 rings (SSSR count). The van der Waals surface area contributed by atoms with E-state index in [1.54, 1.807) is 0 Å². The number of hydrogen-bond donors (Lipinski definition) is 0. The van der Waals surface area contributed by atoms with Crippen molar-refractivity contribution < 1.29 is 25.8 Å². The van der Waals surface area contributed by atoms with E-state index in [1.165, 1.54) is 56.0 Å². The van der Waals surface area contributed by atoms with E-state index in [4.69, 9.17) is 9.72 Å². The van der Waals surface area contributed by atoms with E-state index in [2.05, 4.69) is 231 Å². The molecule has 67 heavy (non-hydrogen) atoms. The first-order chi connectivity index (χ1) is 31.8. The van der Waals surface area contributed by atoms with Crippen LogP contribution >= 0.6 is 0 Å². The minimum atomic E-state index is -0.0330. The number of hydrogen-bond acceptors (Lipinski definition) is 2. The molecule has 338 valence electrons. The summed E-state index contributed by atoms with van der Waals surface area (Å²) in [4.78, 5) is 4.92. The van der Waals surface area contributed by atoms with Crippen LogP contribution in [0.5, 0.6) is 11.5 Å². The molecule has 9 aromatic rings. The fourth-order valence-corrected chi connectivity index (χ4v) is 10.7. The molecule has 0 spiro atoms. The van der Waals surface area contributed by atoms with Crippen molar-refractivity contribution in [1.82, 2.24) is 18.7 Å². The van der Waals surface area contributed by atoms with Crippen LogP contribution in [-0.2, 0) is 26.5 Å². The molecule has 5 nitrogen and oxygen atoms in total. The average molecular weight is 1060 g/mol. The van der Waals surface area contributed by atoms with Gasteiger partial charge in [-0.1, -0.05) is 165 Å². The van der Waals surface area contributed by atoms with Gasteiger partial charge in [-0.25, -0.2) is 9.58 Å². The van der Waals surface area contributed by atoms with Gasteiger partial charge in [0.2, 0.25) is 11.4 Å². The Morgan fingerprint density at radius 1 is 0.582 bits per heavy atom. The van der Waals surface area contributed by atoms with Crippen molar-refractivity contribution in [3.8, 4) is 39.6 Å². The molecule has 2 aliphatic rings. The van der Waals surface area contributed by atoms with E-state index in [0.29, 0.717) is 38.4 Å². The molecular formula is C61H57N4OPt-. The molecule has 0 N–H and O–H groups in total.